The molecular formula is C25H20ClF2N5O3S. The summed E-state index contributed by atoms with van der Waals surface area (Å²) in [7, 11) is 1.55. The van der Waals surface area contributed by atoms with Crippen molar-refractivity contribution in [2.45, 2.75) is 11.7 Å². The number of benzene rings is 3. The highest BCUT2D eigenvalue weighted by molar-refractivity contribution is 7.99. The third-order valence-electron chi connectivity index (χ3n) is 5.09. The molecule has 8 nitrogen and oxygen atoms in total. The number of halogens is 3. The van der Waals surface area contributed by atoms with Crippen molar-refractivity contribution in [2.24, 2.45) is 0 Å². The van der Waals surface area contributed by atoms with Gasteiger partial charge < -0.3 is 15.4 Å². The predicted octanol–water partition coefficient (Wildman–Crippen LogP) is 4.87. The van der Waals surface area contributed by atoms with Crippen LogP contribution in [0.3, 0.4) is 0 Å². The number of aromatic nitrogens is 3. The van der Waals surface area contributed by atoms with Gasteiger partial charge in [-0.25, -0.2) is 8.78 Å². The molecule has 0 spiro atoms. The van der Waals surface area contributed by atoms with Crippen molar-refractivity contribution in [3.63, 3.8) is 0 Å². The van der Waals surface area contributed by atoms with Gasteiger partial charge in [-0.15, -0.1) is 10.2 Å². The molecule has 1 heterocycles. The van der Waals surface area contributed by atoms with E-state index in [0.717, 1.165) is 17.8 Å². The molecule has 0 radical (unpaired) electrons. The van der Waals surface area contributed by atoms with E-state index in [-0.39, 0.29) is 34.6 Å². The van der Waals surface area contributed by atoms with Crippen LogP contribution in [0.25, 0.3) is 5.69 Å². The van der Waals surface area contributed by atoms with Gasteiger partial charge in [0, 0.05) is 11.4 Å². The molecule has 2 amide bonds. The SMILES string of the molecule is COc1ccc(NC(=O)CSc2nnc(CNC(=O)c3c(F)cccc3Cl)n2-c2ccc(F)cc2)cc1. The Morgan fingerprint density at radius 2 is 1.76 bits per heavy atom. The Kier molecular flexibility index (Phi) is 8.36. The van der Waals surface area contributed by atoms with Gasteiger partial charge in [0.05, 0.1) is 30.0 Å². The third-order valence-corrected chi connectivity index (χ3v) is 6.33. The lowest BCUT2D eigenvalue weighted by Gasteiger charge is -2.12. The van der Waals surface area contributed by atoms with Crippen LogP contribution in [-0.2, 0) is 11.3 Å². The molecule has 190 valence electrons. The Balaban J connectivity index is 1.50. The molecule has 37 heavy (non-hydrogen) atoms. The maximum atomic E-state index is 14.1. The van der Waals surface area contributed by atoms with Crippen LogP contribution in [0.1, 0.15) is 16.2 Å². The Morgan fingerprint density at radius 3 is 2.43 bits per heavy atom. The van der Waals surface area contributed by atoms with Gasteiger partial charge in [-0.1, -0.05) is 29.4 Å². The molecule has 0 aliphatic heterocycles. The molecule has 0 fully saturated rings. The minimum absolute atomic E-state index is 0.00253. The fraction of sp³-hybridized carbons (Fsp3) is 0.120. The molecule has 2 N–H and O–H groups in total. The first-order chi connectivity index (χ1) is 17.9. The molecular weight excluding hydrogens is 524 g/mol. The molecule has 0 unspecified atom stereocenters. The number of anilines is 1. The number of carbonyl (C=O) groups is 2. The van der Waals surface area contributed by atoms with Crippen LogP contribution in [0.5, 0.6) is 5.75 Å². The van der Waals surface area contributed by atoms with Crippen molar-refractivity contribution in [1.82, 2.24) is 20.1 Å². The molecule has 0 aliphatic rings. The van der Waals surface area contributed by atoms with Gasteiger partial charge >= 0.3 is 0 Å². The van der Waals surface area contributed by atoms with E-state index in [1.807, 2.05) is 0 Å². The highest BCUT2D eigenvalue weighted by Gasteiger charge is 2.19. The van der Waals surface area contributed by atoms with Gasteiger partial charge in [0.2, 0.25) is 5.91 Å². The van der Waals surface area contributed by atoms with Crippen molar-refractivity contribution < 1.29 is 23.1 Å². The largest absolute Gasteiger partial charge is 0.497 e. The molecule has 0 bridgehead atoms. The lowest BCUT2D eigenvalue weighted by Crippen LogP contribution is -2.26. The monoisotopic (exact) mass is 543 g/mol. The highest BCUT2D eigenvalue weighted by atomic mass is 35.5. The average molecular weight is 544 g/mol. The zero-order valence-electron chi connectivity index (χ0n) is 19.4. The summed E-state index contributed by atoms with van der Waals surface area (Å²) in [4.78, 5) is 25.1. The van der Waals surface area contributed by atoms with E-state index >= 15 is 0 Å². The lowest BCUT2D eigenvalue weighted by atomic mass is 10.2. The minimum Gasteiger partial charge on any atom is -0.497 e. The molecule has 0 atom stereocenters. The van der Waals surface area contributed by atoms with E-state index < -0.39 is 17.5 Å². The van der Waals surface area contributed by atoms with Crippen LogP contribution < -0.4 is 15.4 Å². The summed E-state index contributed by atoms with van der Waals surface area (Å²) < 4.78 is 34.3. The summed E-state index contributed by atoms with van der Waals surface area (Å²) in [6.07, 6.45) is 0. The van der Waals surface area contributed by atoms with E-state index in [0.29, 0.717) is 22.3 Å². The standard InChI is InChI=1S/C25H20ClF2N5O3S/c1-36-18-11-7-16(8-12-18)30-22(34)14-37-25-32-31-21(33(25)17-9-5-15(27)6-10-17)13-29-24(35)23-19(26)3-2-4-20(23)28/h2-12H,13-14H2,1H3,(H,29,35)(H,30,34). The van der Waals surface area contributed by atoms with Crippen LogP contribution in [0.2, 0.25) is 5.02 Å². The molecule has 1 aromatic heterocycles. The average Bonchev–Trinajstić information content (AvgIpc) is 3.30. The second kappa shape index (κ2) is 11.8. The van der Waals surface area contributed by atoms with Crippen molar-refractivity contribution in [3.8, 4) is 11.4 Å². The summed E-state index contributed by atoms with van der Waals surface area (Å²) in [6.45, 7) is -0.132. The Morgan fingerprint density at radius 1 is 1.03 bits per heavy atom. The summed E-state index contributed by atoms with van der Waals surface area (Å²) in [5.41, 5.74) is 0.820. The second-order valence-electron chi connectivity index (χ2n) is 7.56. The summed E-state index contributed by atoms with van der Waals surface area (Å²) >= 11 is 7.08. The zero-order valence-corrected chi connectivity index (χ0v) is 20.9. The fourth-order valence-electron chi connectivity index (χ4n) is 3.32. The maximum Gasteiger partial charge on any atom is 0.256 e. The van der Waals surface area contributed by atoms with Gasteiger partial charge in [-0.05, 0) is 60.7 Å². The molecule has 12 heteroatoms. The van der Waals surface area contributed by atoms with E-state index in [1.165, 1.54) is 36.4 Å². The molecule has 0 aliphatic carbocycles. The maximum absolute atomic E-state index is 14.1. The number of methoxy groups -OCH3 is 1. The number of nitrogens with zero attached hydrogens (tertiary/aromatic N) is 3. The van der Waals surface area contributed by atoms with E-state index in [4.69, 9.17) is 16.3 Å². The number of carbonyl (C=O) groups excluding carboxylic acids is 2. The molecule has 0 saturated carbocycles. The van der Waals surface area contributed by atoms with Gasteiger partial charge in [0.15, 0.2) is 11.0 Å². The van der Waals surface area contributed by atoms with Crippen LogP contribution in [0, 0.1) is 11.6 Å². The number of ether oxygens (including phenoxy) is 1. The Bertz CT molecular complexity index is 1390. The van der Waals surface area contributed by atoms with Crippen LogP contribution in [0.4, 0.5) is 14.5 Å². The van der Waals surface area contributed by atoms with Crippen molar-refractivity contribution >= 4 is 40.9 Å². The number of rotatable bonds is 9. The summed E-state index contributed by atoms with van der Waals surface area (Å²) in [5, 5.41) is 13.9. The summed E-state index contributed by atoms with van der Waals surface area (Å²) in [5.74, 6) is -1.26. The van der Waals surface area contributed by atoms with Crippen molar-refractivity contribution in [2.75, 3.05) is 18.2 Å². The van der Waals surface area contributed by atoms with E-state index in [2.05, 4.69) is 20.8 Å². The molecule has 4 rings (SSSR count). The number of nitrogens with one attached hydrogen (secondary N) is 2. The first-order valence-corrected chi connectivity index (χ1v) is 12.2. The number of thioether (sulfide) groups is 1. The smallest absolute Gasteiger partial charge is 0.256 e. The minimum atomic E-state index is -0.760. The Hall–Kier alpha value is -3.96. The third kappa shape index (κ3) is 6.43. The quantitative estimate of drug-likeness (QED) is 0.292. The van der Waals surface area contributed by atoms with Gasteiger partial charge in [0.25, 0.3) is 5.91 Å². The van der Waals surface area contributed by atoms with E-state index in [9.17, 15) is 18.4 Å². The highest BCUT2D eigenvalue weighted by Crippen LogP contribution is 2.24. The van der Waals surface area contributed by atoms with Crippen LogP contribution in [-0.4, -0.2) is 39.4 Å². The lowest BCUT2D eigenvalue weighted by molar-refractivity contribution is -0.113. The Labute approximate surface area is 220 Å². The van der Waals surface area contributed by atoms with Crippen molar-refractivity contribution in [1.29, 1.82) is 0 Å². The second-order valence-corrected chi connectivity index (χ2v) is 8.91. The first kappa shape index (κ1) is 26.1. The molecule has 3 aromatic carbocycles. The van der Waals surface area contributed by atoms with Gasteiger partial charge in [-0.2, -0.15) is 0 Å². The predicted molar refractivity (Wildman–Crippen MR) is 136 cm³/mol. The topological polar surface area (TPSA) is 98.1 Å². The summed E-state index contributed by atoms with van der Waals surface area (Å²) in [6, 6.07) is 16.4. The van der Waals surface area contributed by atoms with Crippen LogP contribution in [0.15, 0.2) is 71.9 Å². The van der Waals surface area contributed by atoms with Gasteiger partial charge in [-0.3, -0.25) is 14.2 Å². The number of hydrogen-bond donors (Lipinski definition) is 2. The zero-order chi connectivity index (χ0) is 26.4. The van der Waals surface area contributed by atoms with Gasteiger partial charge in [0.1, 0.15) is 17.4 Å². The van der Waals surface area contributed by atoms with Crippen LogP contribution >= 0.6 is 23.4 Å². The van der Waals surface area contributed by atoms with E-state index in [1.54, 1.807) is 35.9 Å². The van der Waals surface area contributed by atoms with Crippen molar-refractivity contribution in [3.05, 3.63) is 94.8 Å². The first-order valence-electron chi connectivity index (χ1n) is 10.8. The molecule has 4 aromatic rings. The normalized spacial score (nSPS) is 10.7. The number of hydrogen-bond acceptors (Lipinski definition) is 6. The fourth-order valence-corrected chi connectivity index (χ4v) is 4.34. The molecule has 0 saturated heterocycles. The number of amides is 2.